The molecular weight excluding hydrogens is 198 g/mol. The molecule has 1 aromatic carbocycles. The summed E-state index contributed by atoms with van der Waals surface area (Å²) in [6.45, 7) is 3.95. The fourth-order valence-corrected chi connectivity index (χ4v) is 1.56. The van der Waals surface area contributed by atoms with Gasteiger partial charge in [-0.2, -0.15) is 0 Å². The molecule has 2 rings (SSSR count). The molecule has 1 N–H and O–H groups in total. The van der Waals surface area contributed by atoms with Crippen molar-refractivity contribution in [3.63, 3.8) is 0 Å². The van der Waals surface area contributed by atoms with Crippen molar-refractivity contribution < 1.29 is 0 Å². The summed E-state index contributed by atoms with van der Waals surface area (Å²) in [5.74, 6) is 0.778. The molecule has 1 aromatic heterocycles. The van der Waals surface area contributed by atoms with Gasteiger partial charge in [0.15, 0.2) is 0 Å². The molecule has 0 amide bonds. The minimum atomic E-state index is 0.179. The SMILES string of the molecule is [CH2]CC(Nc1cnccn1)c1ccccc1. The van der Waals surface area contributed by atoms with Crippen molar-refractivity contribution in [1.82, 2.24) is 9.97 Å². The largest absolute Gasteiger partial charge is 0.362 e. The van der Waals surface area contributed by atoms with Crippen LogP contribution in [0.4, 0.5) is 5.82 Å². The monoisotopic (exact) mass is 212 g/mol. The lowest BCUT2D eigenvalue weighted by Crippen LogP contribution is -2.10. The second-order valence-corrected chi connectivity index (χ2v) is 3.49. The van der Waals surface area contributed by atoms with Crippen LogP contribution in [0.15, 0.2) is 48.9 Å². The van der Waals surface area contributed by atoms with Gasteiger partial charge >= 0.3 is 0 Å². The molecule has 0 aliphatic heterocycles. The number of rotatable bonds is 4. The van der Waals surface area contributed by atoms with E-state index in [9.17, 15) is 0 Å². The van der Waals surface area contributed by atoms with Gasteiger partial charge in [0, 0.05) is 12.4 Å². The van der Waals surface area contributed by atoms with Gasteiger partial charge in [0.05, 0.1) is 12.2 Å². The maximum atomic E-state index is 4.19. The van der Waals surface area contributed by atoms with Gasteiger partial charge in [0.1, 0.15) is 5.82 Å². The third kappa shape index (κ3) is 2.57. The lowest BCUT2D eigenvalue weighted by atomic mass is 10.1. The summed E-state index contributed by atoms with van der Waals surface area (Å²) >= 11 is 0. The zero-order chi connectivity index (χ0) is 11.2. The van der Waals surface area contributed by atoms with Crippen LogP contribution in [-0.4, -0.2) is 9.97 Å². The molecule has 1 heterocycles. The maximum absolute atomic E-state index is 4.19. The fourth-order valence-electron chi connectivity index (χ4n) is 1.56. The van der Waals surface area contributed by atoms with E-state index in [-0.39, 0.29) is 6.04 Å². The molecule has 2 aromatic rings. The number of hydrogen-bond acceptors (Lipinski definition) is 3. The predicted molar refractivity (Wildman–Crippen MR) is 64.8 cm³/mol. The molecule has 0 aliphatic rings. The van der Waals surface area contributed by atoms with Gasteiger partial charge in [-0.05, 0) is 12.0 Å². The molecule has 1 atom stereocenters. The summed E-state index contributed by atoms with van der Waals surface area (Å²) in [6, 6.07) is 10.4. The minimum absolute atomic E-state index is 0.179. The van der Waals surface area contributed by atoms with Crippen LogP contribution < -0.4 is 5.32 Å². The van der Waals surface area contributed by atoms with E-state index in [1.54, 1.807) is 18.6 Å². The molecule has 0 saturated heterocycles. The van der Waals surface area contributed by atoms with Crippen LogP contribution in [0.5, 0.6) is 0 Å². The Hall–Kier alpha value is -1.90. The molecule has 0 bridgehead atoms. The standard InChI is InChI=1S/C13H14N3/c1-2-12(11-6-4-3-5-7-11)16-13-10-14-8-9-15-13/h3-10,12H,1-2H2,(H,15,16). The van der Waals surface area contributed by atoms with E-state index in [1.807, 2.05) is 18.2 Å². The fraction of sp³-hybridized carbons (Fsp3) is 0.154. The van der Waals surface area contributed by atoms with E-state index in [0.29, 0.717) is 0 Å². The summed E-state index contributed by atoms with van der Waals surface area (Å²) in [5, 5.41) is 3.31. The summed E-state index contributed by atoms with van der Waals surface area (Å²) in [4.78, 5) is 8.21. The second-order valence-electron chi connectivity index (χ2n) is 3.49. The molecule has 1 radical (unpaired) electrons. The van der Waals surface area contributed by atoms with Crippen LogP contribution in [0.3, 0.4) is 0 Å². The molecule has 3 nitrogen and oxygen atoms in total. The lowest BCUT2D eigenvalue weighted by Gasteiger charge is -2.17. The van der Waals surface area contributed by atoms with Crippen molar-refractivity contribution in [2.75, 3.05) is 5.32 Å². The van der Waals surface area contributed by atoms with Crippen molar-refractivity contribution in [3.8, 4) is 0 Å². The Kier molecular flexibility index (Phi) is 3.49. The van der Waals surface area contributed by atoms with Gasteiger partial charge in [0.25, 0.3) is 0 Å². The molecule has 0 fully saturated rings. The molecule has 3 heteroatoms. The molecule has 0 saturated carbocycles. The average molecular weight is 212 g/mol. The van der Waals surface area contributed by atoms with E-state index >= 15 is 0 Å². The minimum Gasteiger partial charge on any atom is -0.362 e. The van der Waals surface area contributed by atoms with Crippen molar-refractivity contribution in [1.29, 1.82) is 0 Å². The highest BCUT2D eigenvalue weighted by atomic mass is 15.0. The second kappa shape index (κ2) is 5.26. The molecule has 16 heavy (non-hydrogen) atoms. The van der Waals surface area contributed by atoms with Crippen LogP contribution in [0.1, 0.15) is 18.0 Å². The smallest absolute Gasteiger partial charge is 0.144 e. The molecule has 0 aliphatic carbocycles. The van der Waals surface area contributed by atoms with Gasteiger partial charge in [-0.25, -0.2) is 4.98 Å². The van der Waals surface area contributed by atoms with E-state index in [4.69, 9.17) is 0 Å². The third-order valence-corrected chi connectivity index (χ3v) is 2.38. The van der Waals surface area contributed by atoms with E-state index < -0.39 is 0 Å². The first-order valence-electron chi connectivity index (χ1n) is 5.27. The normalized spacial score (nSPS) is 12.1. The van der Waals surface area contributed by atoms with E-state index in [1.165, 1.54) is 5.56 Å². The molecule has 0 spiro atoms. The van der Waals surface area contributed by atoms with Gasteiger partial charge in [0.2, 0.25) is 0 Å². The maximum Gasteiger partial charge on any atom is 0.144 e. The van der Waals surface area contributed by atoms with E-state index in [2.05, 4.69) is 34.3 Å². The number of nitrogens with zero attached hydrogens (tertiary/aromatic N) is 2. The summed E-state index contributed by atoms with van der Waals surface area (Å²) < 4.78 is 0. The number of aromatic nitrogens is 2. The average Bonchev–Trinajstić information content (AvgIpc) is 2.38. The summed E-state index contributed by atoms with van der Waals surface area (Å²) in [5.41, 5.74) is 1.21. The Balaban J connectivity index is 2.13. The van der Waals surface area contributed by atoms with Gasteiger partial charge < -0.3 is 5.32 Å². The van der Waals surface area contributed by atoms with Crippen LogP contribution in [-0.2, 0) is 0 Å². The first-order chi connectivity index (χ1) is 7.90. The Morgan fingerprint density at radius 1 is 1.19 bits per heavy atom. The first-order valence-corrected chi connectivity index (χ1v) is 5.27. The molecular formula is C13H14N3. The number of hydrogen-bond donors (Lipinski definition) is 1. The number of nitrogens with one attached hydrogen (secondary N) is 1. The molecule has 81 valence electrons. The predicted octanol–water partition coefficient (Wildman–Crippen LogP) is 2.85. The quantitative estimate of drug-likeness (QED) is 0.846. The van der Waals surface area contributed by atoms with Gasteiger partial charge in [-0.15, -0.1) is 0 Å². The highest BCUT2D eigenvalue weighted by Crippen LogP contribution is 2.20. The third-order valence-electron chi connectivity index (χ3n) is 2.38. The van der Waals surface area contributed by atoms with Crippen LogP contribution in [0.25, 0.3) is 0 Å². The Morgan fingerprint density at radius 2 is 2.00 bits per heavy atom. The Bertz CT molecular complexity index is 414. The highest BCUT2D eigenvalue weighted by Gasteiger charge is 2.08. The zero-order valence-corrected chi connectivity index (χ0v) is 9.00. The van der Waals surface area contributed by atoms with Gasteiger partial charge in [-0.1, -0.05) is 37.3 Å². The van der Waals surface area contributed by atoms with E-state index in [0.717, 1.165) is 12.2 Å². The Labute approximate surface area is 95.6 Å². The van der Waals surface area contributed by atoms with Crippen LogP contribution in [0, 0.1) is 6.92 Å². The summed E-state index contributed by atoms with van der Waals surface area (Å²) in [6.07, 6.45) is 5.81. The summed E-state index contributed by atoms with van der Waals surface area (Å²) in [7, 11) is 0. The Morgan fingerprint density at radius 3 is 2.62 bits per heavy atom. The van der Waals surface area contributed by atoms with Crippen LogP contribution in [0.2, 0.25) is 0 Å². The number of anilines is 1. The lowest BCUT2D eigenvalue weighted by molar-refractivity contribution is 0.787. The van der Waals surface area contributed by atoms with Crippen molar-refractivity contribution >= 4 is 5.82 Å². The van der Waals surface area contributed by atoms with Crippen molar-refractivity contribution in [3.05, 3.63) is 61.4 Å². The van der Waals surface area contributed by atoms with Crippen molar-refractivity contribution in [2.24, 2.45) is 0 Å². The molecule has 1 unspecified atom stereocenters. The zero-order valence-electron chi connectivity index (χ0n) is 9.00. The topological polar surface area (TPSA) is 37.8 Å². The van der Waals surface area contributed by atoms with Crippen molar-refractivity contribution in [2.45, 2.75) is 12.5 Å². The highest BCUT2D eigenvalue weighted by molar-refractivity contribution is 5.35. The van der Waals surface area contributed by atoms with Crippen LogP contribution >= 0.6 is 0 Å². The number of benzene rings is 1. The van der Waals surface area contributed by atoms with Gasteiger partial charge in [-0.3, -0.25) is 4.98 Å². The first kappa shape index (κ1) is 10.6.